The molecular formula is C14H15ClN2OS. The third-order valence-electron chi connectivity index (χ3n) is 3.03. The summed E-state index contributed by atoms with van der Waals surface area (Å²) in [6.07, 6.45) is 4.43. The van der Waals surface area contributed by atoms with E-state index in [1.54, 1.807) is 6.20 Å². The van der Waals surface area contributed by atoms with Crippen molar-refractivity contribution in [3.63, 3.8) is 0 Å². The Kier molecular flexibility index (Phi) is 3.89. The standard InChI is InChI=1S/C14H15ClN2OS/c15-14-17-8-13(19-14)7-16-11-3-5-12(6-4-11)18-9-10-1-2-10/h3-6,8,10,16H,1-2,7,9H2. The maximum atomic E-state index is 5.79. The maximum absolute atomic E-state index is 5.79. The summed E-state index contributed by atoms with van der Waals surface area (Å²) in [5.74, 6) is 1.73. The third kappa shape index (κ3) is 3.85. The van der Waals surface area contributed by atoms with Gasteiger partial charge in [0.05, 0.1) is 13.2 Å². The molecule has 1 N–H and O–H groups in total. The zero-order valence-corrected chi connectivity index (χ0v) is 12.0. The molecule has 1 heterocycles. The summed E-state index contributed by atoms with van der Waals surface area (Å²) in [7, 11) is 0. The average Bonchev–Trinajstić information content (AvgIpc) is 3.17. The molecule has 3 nitrogen and oxygen atoms in total. The summed E-state index contributed by atoms with van der Waals surface area (Å²) < 4.78 is 6.28. The van der Waals surface area contributed by atoms with Gasteiger partial charge in [-0.05, 0) is 43.0 Å². The Morgan fingerprint density at radius 1 is 1.32 bits per heavy atom. The van der Waals surface area contributed by atoms with Crippen LogP contribution in [0.4, 0.5) is 5.69 Å². The third-order valence-corrected chi connectivity index (χ3v) is 4.14. The van der Waals surface area contributed by atoms with Crippen LogP contribution in [0, 0.1) is 5.92 Å². The molecule has 5 heteroatoms. The molecule has 2 aromatic rings. The molecule has 1 aromatic heterocycles. The van der Waals surface area contributed by atoms with Gasteiger partial charge in [-0.25, -0.2) is 4.98 Å². The van der Waals surface area contributed by atoms with Crippen molar-refractivity contribution in [2.75, 3.05) is 11.9 Å². The number of nitrogens with one attached hydrogen (secondary N) is 1. The van der Waals surface area contributed by atoms with Crippen molar-refractivity contribution in [1.82, 2.24) is 4.98 Å². The van der Waals surface area contributed by atoms with Gasteiger partial charge in [0.1, 0.15) is 5.75 Å². The number of aromatic nitrogens is 1. The minimum atomic E-state index is 0.584. The van der Waals surface area contributed by atoms with Crippen LogP contribution in [0.2, 0.25) is 4.47 Å². The Labute approximate surface area is 121 Å². The number of nitrogens with zero attached hydrogens (tertiary/aromatic N) is 1. The molecule has 0 saturated heterocycles. The molecule has 0 amide bonds. The zero-order valence-electron chi connectivity index (χ0n) is 10.4. The molecule has 1 aromatic carbocycles. The Hall–Kier alpha value is -1.26. The molecule has 0 aliphatic heterocycles. The first-order valence-corrected chi connectivity index (χ1v) is 7.56. The zero-order chi connectivity index (χ0) is 13.1. The Morgan fingerprint density at radius 2 is 2.11 bits per heavy atom. The van der Waals surface area contributed by atoms with Crippen molar-refractivity contribution in [3.8, 4) is 5.75 Å². The molecule has 0 radical (unpaired) electrons. The van der Waals surface area contributed by atoms with E-state index in [4.69, 9.17) is 16.3 Å². The monoisotopic (exact) mass is 294 g/mol. The number of thiazole rings is 1. The second kappa shape index (κ2) is 5.80. The van der Waals surface area contributed by atoms with Crippen LogP contribution in [0.3, 0.4) is 0 Å². The van der Waals surface area contributed by atoms with Crippen LogP contribution in [0.25, 0.3) is 0 Å². The minimum absolute atomic E-state index is 0.584. The molecule has 3 rings (SSSR count). The number of anilines is 1. The van der Waals surface area contributed by atoms with E-state index >= 15 is 0 Å². The highest BCUT2D eigenvalue weighted by Crippen LogP contribution is 2.29. The largest absolute Gasteiger partial charge is 0.493 e. The van der Waals surface area contributed by atoms with Crippen LogP contribution in [0.15, 0.2) is 30.5 Å². The van der Waals surface area contributed by atoms with Crippen molar-refractivity contribution in [2.45, 2.75) is 19.4 Å². The summed E-state index contributed by atoms with van der Waals surface area (Å²) in [6.45, 7) is 1.60. The molecule has 1 aliphatic carbocycles. The molecule has 1 saturated carbocycles. The summed E-state index contributed by atoms with van der Waals surface area (Å²) in [5, 5.41) is 3.33. The van der Waals surface area contributed by atoms with Gasteiger partial charge in [0, 0.05) is 16.8 Å². The van der Waals surface area contributed by atoms with E-state index in [-0.39, 0.29) is 0 Å². The fourth-order valence-corrected chi connectivity index (χ4v) is 2.64. The predicted octanol–water partition coefficient (Wildman–Crippen LogP) is 4.20. The molecule has 0 bridgehead atoms. The minimum Gasteiger partial charge on any atom is -0.493 e. The predicted molar refractivity (Wildman–Crippen MR) is 79.1 cm³/mol. The molecule has 1 fully saturated rings. The van der Waals surface area contributed by atoms with E-state index in [2.05, 4.69) is 10.3 Å². The smallest absolute Gasteiger partial charge is 0.183 e. The highest BCUT2D eigenvalue weighted by atomic mass is 35.5. The van der Waals surface area contributed by atoms with E-state index < -0.39 is 0 Å². The van der Waals surface area contributed by atoms with Crippen molar-refractivity contribution >= 4 is 28.6 Å². The van der Waals surface area contributed by atoms with Crippen molar-refractivity contribution < 1.29 is 4.74 Å². The van der Waals surface area contributed by atoms with Gasteiger partial charge in [0.2, 0.25) is 0 Å². The maximum Gasteiger partial charge on any atom is 0.183 e. The van der Waals surface area contributed by atoms with Gasteiger partial charge in [-0.2, -0.15) is 0 Å². The molecule has 0 atom stereocenters. The van der Waals surface area contributed by atoms with E-state index in [1.165, 1.54) is 24.2 Å². The Balaban J connectivity index is 1.50. The van der Waals surface area contributed by atoms with E-state index in [1.807, 2.05) is 24.3 Å². The molecule has 19 heavy (non-hydrogen) atoms. The quantitative estimate of drug-likeness (QED) is 0.867. The van der Waals surface area contributed by atoms with Crippen LogP contribution in [-0.2, 0) is 6.54 Å². The van der Waals surface area contributed by atoms with Gasteiger partial charge in [-0.15, -0.1) is 11.3 Å². The topological polar surface area (TPSA) is 34.2 Å². The average molecular weight is 295 g/mol. The first kappa shape index (κ1) is 12.8. The van der Waals surface area contributed by atoms with Gasteiger partial charge in [-0.3, -0.25) is 0 Å². The lowest BCUT2D eigenvalue weighted by Crippen LogP contribution is -2.00. The normalized spacial score (nSPS) is 14.4. The number of ether oxygens (including phenoxy) is 1. The highest BCUT2D eigenvalue weighted by Gasteiger charge is 2.21. The fourth-order valence-electron chi connectivity index (χ4n) is 1.72. The molecule has 0 spiro atoms. The van der Waals surface area contributed by atoms with E-state index in [0.29, 0.717) is 4.47 Å². The summed E-state index contributed by atoms with van der Waals surface area (Å²) in [6, 6.07) is 8.07. The number of rotatable bonds is 6. The number of hydrogen-bond donors (Lipinski definition) is 1. The van der Waals surface area contributed by atoms with Gasteiger partial charge in [0.15, 0.2) is 4.47 Å². The highest BCUT2D eigenvalue weighted by molar-refractivity contribution is 7.15. The number of halogens is 1. The lowest BCUT2D eigenvalue weighted by molar-refractivity contribution is 0.300. The van der Waals surface area contributed by atoms with Crippen LogP contribution >= 0.6 is 22.9 Å². The molecular weight excluding hydrogens is 280 g/mol. The van der Waals surface area contributed by atoms with Crippen LogP contribution in [0.5, 0.6) is 5.75 Å². The second-order valence-electron chi connectivity index (χ2n) is 4.71. The van der Waals surface area contributed by atoms with Crippen LogP contribution < -0.4 is 10.1 Å². The van der Waals surface area contributed by atoms with Gasteiger partial charge in [0.25, 0.3) is 0 Å². The fraction of sp³-hybridized carbons (Fsp3) is 0.357. The first-order chi connectivity index (χ1) is 9.29. The Bertz CT molecular complexity index is 537. The van der Waals surface area contributed by atoms with Gasteiger partial charge < -0.3 is 10.1 Å². The summed E-state index contributed by atoms with van der Waals surface area (Å²) in [4.78, 5) is 5.14. The summed E-state index contributed by atoms with van der Waals surface area (Å²) in [5.41, 5.74) is 1.07. The van der Waals surface area contributed by atoms with Crippen molar-refractivity contribution in [1.29, 1.82) is 0 Å². The SMILES string of the molecule is Clc1ncc(CNc2ccc(OCC3CC3)cc2)s1. The Morgan fingerprint density at radius 3 is 2.74 bits per heavy atom. The molecule has 0 unspecified atom stereocenters. The number of hydrogen-bond acceptors (Lipinski definition) is 4. The van der Waals surface area contributed by atoms with E-state index in [9.17, 15) is 0 Å². The second-order valence-corrected chi connectivity index (χ2v) is 6.41. The van der Waals surface area contributed by atoms with Crippen molar-refractivity contribution in [2.24, 2.45) is 5.92 Å². The van der Waals surface area contributed by atoms with Gasteiger partial charge >= 0.3 is 0 Å². The lowest BCUT2D eigenvalue weighted by atomic mass is 10.3. The summed E-state index contributed by atoms with van der Waals surface area (Å²) >= 11 is 7.29. The molecule has 100 valence electrons. The molecule has 1 aliphatic rings. The number of benzene rings is 1. The lowest BCUT2D eigenvalue weighted by Gasteiger charge is -2.07. The van der Waals surface area contributed by atoms with Gasteiger partial charge in [-0.1, -0.05) is 11.6 Å². The van der Waals surface area contributed by atoms with Crippen LogP contribution in [0.1, 0.15) is 17.7 Å². The van der Waals surface area contributed by atoms with Crippen molar-refractivity contribution in [3.05, 3.63) is 39.8 Å². The first-order valence-electron chi connectivity index (χ1n) is 6.36. The van der Waals surface area contributed by atoms with Crippen LogP contribution in [-0.4, -0.2) is 11.6 Å². The van der Waals surface area contributed by atoms with E-state index in [0.717, 1.165) is 35.4 Å².